The summed E-state index contributed by atoms with van der Waals surface area (Å²) in [7, 11) is 0. The molecule has 2 aromatic carbocycles. The summed E-state index contributed by atoms with van der Waals surface area (Å²) in [6.07, 6.45) is 1.02. The van der Waals surface area contributed by atoms with Gasteiger partial charge in [-0.15, -0.1) is 0 Å². The maximum Gasteiger partial charge on any atom is 0.251 e. The van der Waals surface area contributed by atoms with Gasteiger partial charge in [0.05, 0.1) is 0 Å². The van der Waals surface area contributed by atoms with Gasteiger partial charge in [-0.2, -0.15) is 0 Å². The van der Waals surface area contributed by atoms with Gasteiger partial charge in [0.1, 0.15) is 0 Å². The van der Waals surface area contributed by atoms with Gasteiger partial charge >= 0.3 is 0 Å². The lowest BCUT2D eigenvalue weighted by molar-refractivity contribution is 0.0951. The third-order valence-electron chi connectivity index (χ3n) is 3.20. The summed E-state index contributed by atoms with van der Waals surface area (Å²) in [6.45, 7) is 2.65. The van der Waals surface area contributed by atoms with E-state index < -0.39 is 0 Å². The van der Waals surface area contributed by atoms with Gasteiger partial charge in [-0.05, 0) is 41.8 Å². The Morgan fingerprint density at radius 3 is 2.15 bits per heavy atom. The third-order valence-corrected chi connectivity index (χ3v) is 3.20. The topological polar surface area (TPSA) is 67.2 Å². The van der Waals surface area contributed by atoms with Gasteiger partial charge in [0, 0.05) is 17.8 Å². The molecule has 2 rings (SSSR count). The molecule has 0 aliphatic rings. The molecule has 0 spiro atoms. The summed E-state index contributed by atoms with van der Waals surface area (Å²) >= 11 is 0. The molecule has 0 aromatic heterocycles. The number of benzene rings is 2. The Morgan fingerprint density at radius 2 is 1.60 bits per heavy atom. The predicted molar refractivity (Wildman–Crippen MR) is 81.2 cm³/mol. The Hall–Kier alpha value is -2.33. The first-order chi connectivity index (χ1) is 9.72. The van der Waals surface area contributed by atoms with E-state index in [0.717, 1.165) is 17.7 Å². The highest BCUT2D eigenvalue weighted by Crippen LogP contribution is 2.09. The van der Waals surface area contributed by atoms with E-state index in [1.165, 1.54) is 5.56 Å². The second-order valence-electron chi connectivity index (χ2n) is 4.57. The van der Waals surface area contributed by atoms with E-state index in [9.17, 15) is 4.79 Å². The van der Waals surface area contributed by atoms with E-state index in [0.29, 0.717) is 12.1 Å². The van der Waals surface area contributed by atoms with Crippen LogP contribution in [0.5, 0.6) is 0 Å². The van der Waals surface area contributed by atoms with Crippen LogP contribution < -0.4 is 16.6 Å². The summed E-state index contributed by atoms with van der Waals surface area (Å²) in [5.41, 5.74) is 6.31. The van der Waals surface area contributed by atoms with E-state index in [4.69, 9.17) is 5.84 Å². The zero-order valence-corrected chi connectivity index (χ0v) is 11.5. The summed E-state index contributed by atoms with van der Waals surface area (Å²) in [4.78, 5) is 12.0. The zero-order chi connectivity index (χ0) is 14.4. The van der Waals surface area contributed by atoms with Gasteiger partial charge in [-0.1, -0.05) is 31.2 Å². The number of hydrogen-bond acceptors (Lipinski definition) is 3. The number of hydrazine groups is 1. The average molecular weight is 269 g/mol. The van der Waals surface area contributed by atoms with Crippen LogP contribution in [0.4, 0.5) is 5.69 Å². The fourth-order valence-corrected chi connectivity index (χ4v) is 1.90. The molecule has 4 nitrogen and oxygen atoms in total. The summed E-state index contributed by atoms with van der Waals surface area (Å²) in [5, 5.41) is 2.90. The SMILES string of the molecule is CCc1ccc(CNC(=O)c2ccc(NN)cc2)cc1. The fraction of sp³-hybridized carbons (Fsp3) is 0.188. The summed E-state index contributed by atoms with van der Waals surface area (Å²) < 4.78 is 0. The second-order valence-corrected chi connectivity index (χ2v) is 4.57. The fourth-order valence-electron chi connectivity index (χ4n) is 1.90. The van der Waals surface area contributed by atoms with E-state index in [2.05, 4.69) is 29.8 Å². The highest BCUT2D eigenvalue weighted by atomic mass is 16.1. The number of nitrogen functional groups attached to an aromatic ring is 1. The number of aryl methyl sites for hydroxylation is 1. The molecular weight excluding hydrogens is 250 g/mol. The number of amides is 1. The Morgan fingerprint density at radius 1 is 1.00 bits per heavy atom. The quantitative estimate of drug-likeness (QED) is 0.577. The summed E-state index contributed by atoms with van der Waals surface area (Å²) in [5.74, 6) is 5.19. The molecule has 2 aromatic rings. The van der Waals surface area contributed by atoms with Gasteiger partial charge in [-0.25, -0.2) is 0 Å². The standard InChI is InChI=1S/C16H19N3O/c1-2-12-3-5-13(6-4-12)11-18-16(20)14-7-9-15(19-17)10-8-14/h3-10,19H,2,11,17H2,1H3,(H,18,20). The highest BCUT2D eigenvalue weighted by Gasteiger charge is 2.04. The first-order valence-corrected chi connectivity index (χ1v) is 6.65. The molecule has 0 aliphatic carbocycles. The van der Waals surface area contributed by atoms with Gasteiger partial charge in [0.2, 0.25) is 0 Å². The molecule has 0 saturated heterocycles. The predicted octanol–water partition coefficient (Wildman–Crippen LogP) is 2.46. The molecule has 0 aliphatic heterocycles. The lowest BCUT2D eigenvalue weighted by Gasteiger charge is -2.07. The minimum atomic E-state index is -0.0897. The van der Waals surface area contributed by atoms with Crippen molar-refractivity contribution in [3.63, 3.8) is 0 Å². The smallest absolute Gasteiger partial charge is 0.251 e. The maximum atomic E-state index is 12.0. The van der Waals surface area contributed by atoms with E-state index >= 15 is 0 Å². The monoisotopic (exact) mass is 269 g/mol. The van der Waals surface area contributed by atoms with Crippen LogP contribution in [-0.2, 0) is 13.0 Å². The van der Waals surface area contributed by atoms with Crippen LogP contribution in [-0.4, -0.2) is 5.91 Å². The van der Waals surface area contributed by atoms with Crippen molar-refractivity contribution in [2.45, 2.75) is 19.9 Å². The van der Waals surface area contributed by atoms with Crippen molar-refractivity contribution < 1.29 is 4.79 Å². The van der Waals surface area contributed by atoms with Crippen molar-refractivity contribution in [1.29, 1.82) is 0 Å². The minimum Gasteiger partial charge on any atom is -0.348 e. The molecule has 1 amide bonds. The third kappa shape index (κ3) is 3.59. The average Bonchev–Trinajstić information content (AvgIpc) is 2.53. The molecule has 0 atom stereocenters. The first kappa shape index (κ1) is 14.1. The van der Waals surface area contributed by atoms with Crippen LogP contribution in [0.1, 0.15) is 28.4 Å². The number of carbonyl (C=O) groups excluding carboxylic acids is 1. The normalized spacial score (nSPS) is 10.1. The second kappa shape index (κ2) is 6.73. The number of nitrogens with one attached hydrogen (secondary N) is 2. The largest absolute Gasteiger partial charge is 0.348 e. The lowest BCUT2D eigenvalue weighted by Crippen LogP contribution is -2.22. The highest BCUT2D eigenvalue weighted by molar-refractivity contribution is 5.94. The Bertz CT molecular complexity index is 561. The van der Waals surface area contributed by atoms with Crippen molar-refractivity contribution in [2.75, 3.05) is 5.43 Å². The number of carbonyl (C=O) groups is 1. The Labute approximate surface area is 119 Å². The molecule has 4 heteroatoms. The van der Waals surface area contributed by atoms with Crippen molar-refractivity contribution in [1.82, 2.24) is 5.32 Å². The van der Waals surface area contributed by atoms with Gasteiger partial charge < -0.3 is 10.7 Å². The summed E-state index contributed by atoms with van der Waals surface area (Å²) in [6, 6.07) is 15.3. The molecule has 104 valence electrons. The van der Waals surface area contributed by atoms with Crippen LogP contribution >= 0.6 is 0 Å². The van der Waals surface area contributed by atoms with Crippen molar-refractivity contribution in [3.8, 4) is 0 Å². The van der Waals surface area contributed by atoms with E-state index in [1.54, 1.807) is 24.3 Å². The maximum absolute atomic E-state index is 12.0. The zero-order valence-electron chi connectivity index (χ0n) is 11.5. The number of anilines is 1. The van der Waals surface area contributed by atoms with E-state index in [-0.39, 0.29) is 5.91 Å². The van der Waals surface area contributed by atoms with Crippen LogP contribution in [0.15, 0.2) is 48.5 Å². The van der Waals surface area contributed by atoms with Crippen molar-refractivity contribution >= 4 is 11.6 Å². The van der Waals surface area contributed by atoms with Crippen LogP contribution in [0.3, 0.4) is 0 Å². The Kier molecular flexibility index (Phi) is 4.74. The molecule has 0 fully saturated rings. The van der Waals surface area contributed by atoms with Gasteiger partial charge in [0.25, 0.3) is 5.91 Å². The number of nitrogens with two attached hydrogens (primary N) is 1. The molecule has 0 heterocycles. The van der Waals surface area contributed by atoms with Gasteiger partial charge in [0.15, 0.2) is 0 Å². The molecule has 0 radical (unpaired) electrons. The van der Waals surface area contributed by atoms with Crippen molar-refractivity contribution in [2.24, 2.45) is 5.84 Å². The molecule has 0 unspecified atom stereocenters. The van der Waals surface area contributed by atoms with Gasteiger partial charge in [-0.3, -0.25) is 10.6 Å². The number of rotatable bonds is 5. The lowest BCUT2D eigenvalue weighted by atomic mass is 10.1. The molecular formula is C16H19N3O. The van der Waals surface area contributed by atoms with Crippen LogP contribution in [0, 0.1) is 0 Å². The van der Waals surface area contributed by atoms with E-state index in [1.807, 2.05) is 12.1 Å². The Balaban J connectivity index is 1.93. The van der Waals surface area contributed by atoms with Crippen LogP contribution in [0.2, 0.25) is 0 Å². The number of hydrogen-bond donors (Lipinski definition) is 3. The van der Waals surface area contributed by atoms with Crippen molar-refractivity contribution in [3.05, 3.63) is 65.2 Å². The minimum absolute atomic E-state index is 0.0897. The molecule has 0 bridgehead atoms. The molecule has 4 N–H and O–H groups in total. The molecule has 0 saturated carbocycles. The first-order valence-electron chi connectivity index (χ1n) is 6.65. The van der Waals surface area contributed by atoms with Crippen LogP contribution in [0.25, 0.3) is 0 Å². The molecule has 20 heavy (non-hydrogen) atoms.